The van der Waals surface area contributed by atoms with Gasteiger partial charge in [0.1, 0.15) is 5.82 Å². The van der Waals surface area contributed by atoms with Crippen molar-refractivity contribution in [3.63, 3.8) is 0 Å². The second-order valence-electron chi connectivity index (χ2n) is 6.79. The van der Waals surface area contributed by atoms with E-state index in [1.165, 1.54) is 23.5 Å². The number of fused-ring (bicyclic) bond motifs is 1. The van der Waals surface area contributed by atoms with E-state index in [0.29, 0.717) is 17.8 Å². The van der Waals surface area contributed by atoms with Crippen molar-refractivity contribution >= 4 is 33.3 Å². The molecule has 0 spiro atoms. The minimum atomic E-state index is -0.883. The lowest BCUT2D eigenvalue weighted by molar-refractivity contribution is -0.150. The van der Waals surface area contributed by atoms with E-state index in [9.17, 15) is 19.1 Å². The summed E-state index contributed by atoms with van der Waals surface area (Å²) in [6, 6.07) is 4.51. The average molecular weight is 349 g/mol. The van der Waals surface area contributed by atoms with Gasteiger partial charge in [-0.1, -0.05) is 19.9 Å². The molecule has 0 bridgehead atoms. The number of carboxylic acids is 1. The minimum Gasteiger partial charge on any atom is -0.481 e. The highest BCUT2D eigenvalue weighted by Crippen LogP contribution is 2.40. The highest BCUT2D eigenvalue weighted by Gasteiger charge is 2.48. The Morgan fingerprint density at radius 2 is 2.08 bits per heavy atom. The summed E-state index contributed by atoms with van der Waals surface area (Å²) in [6.45, 7) is 6.28. The zero-order valence-electron chi connectivity index (χ0n) is 13.9. The van der Waals surface area contributed by atoms with Crippen LogP contribution in [0.3, 0.4) is 0 Å². The molecule has 1 aromatic carbocycles. The zero-order chi connectivity index (χ0) is 17.6. The molecule has 0 aliphatic carbocycles. The number of aryl methyl sites for hydroxylation is 1. The van der Waals surface area contributed by atoms with Crippen molar-refractivity contribution in [2.24, 2.45) is 11.3 Å². The lowest BCUT2D eigenvalue weighted by Gasteiger charge is -2.28. The van der Waals surface area contributed by atoms with Crippen molar-refractivity contribution in [2.45, 2.75) is 27.2 Å². The Morgan fingerprint density at radius 3 is 2.67 bits per heavy atom. The van der Waals surface area contributed by atoms with Crippen molar-refractivity contribution in [3.8, 4) is 0 Å². The molecule has 1 aliphatic rings. The van der Waals surface area contributed by atoms with Crippen molar-refractivity contribution in [3.05, 3.63) is 34.5 Å². The van der Waals surface area contributed by atoms with Gasteiger partial charge in [-0.05, 0) is 42.3 Å². The maximum Gasteiger partial charge on any atom is 0.311 e. The van der Waals surface area contributed by atoms with Gasteiger partial charge in [0.25, 0.3) is 5.91 Å². The lowest BCUT2D eigenvalue weighted by Crippen LogP contribution is -2.40. The molecule has 1 amide bonds. The minimum absolute atomic E-state index is 0.0506. The largest absolute Gasteiger partial charge is 0.481 e. The Labute approximate surface area is 143 Å². The molecule has 1 aliphatic heterocycles. The van der Waals surface area contributed by atoms with Crippen LogP contribution < -0.4 is 0 Å². The number of carbonyl (C=O) groups is 2. The normalized spacial score (nSPS) is 21.0. The van der Waals surface area contributed by atoms with E-state index in [0.717, 1.165) is 15.6 Å². The second kappa shape index (κ2) is 5.84. The van der Waals surface area contributed by atoms with Crippen LogP contribution in [0.1, 0.15) is 35.5 Å². The molecule has 2 aromatic rings. The van der Waals surface area contributed by atoms with E-state index < -0.39 is 11.4 Å². The maximum absolute atomic E-state index is 13.4. The van der Waals surface area contributed by atoms with Gasteiger partial charge in [-0.25, -0.2) is 4.39 Å². The van der Waals surface area contributed by atoms with E-state index in [-0.39, 0.29) is 24.2 Å². The second-order valence-corrected chi connectivity index (χ2v) is 7.84. The zero-order valence-corrected chi connectivity index (χ0v) is 14.7. The highest BCUT2D eigenvalue weighted by atomic mass is 32.1. The number of aliphatic carboxylic acids is 1. The van der Waals surface area contributed by atoms with Crippen LogP contribution in [0.15, 0.2) is 18.2 Å². The molecule has 1 aromatic heterocycles. The predicted molar refractivity (Wildman–Crippen MR) is 91.9 cm³/mol. The smallest absolute Gasteiger partial charge is 0.311 e. The van der Waals surface area contributed by atoms with Gasteiger partial charge in [0.05, 0.1) is 10.3 Å². The number of benzene rings is 1. The Balaban J connectivity index is 1.93. The Hall–Kier alpha value is -1.95. The number of halogens is 1. The number of carboxylic acid groups (broad SMARTS) is 1. The summed E-state index contributed by atoms with van der Waals surface area (Å²) in [5.74, 6) is -1.38. The lowest BCUT2D eigenvalue weighted by atomic mass is 9.76. The van der Waals surface area contributed by atoms with Crippen LogP contribution in [0.5, 0.6) is 0 Å². The van der Waals surface area contributed by atoms with Crippen molar-refractivity contribution in [2.75, 3.05) is 13.1 Å². The Bertz CT molecular complexity index is 829. The number of carbonyl (C=O) groups excluding carboxylic acids is 1. The molecule has 0 radical (unpaired) electrons. The molecule has 2 heterocycles. The van der Waals surface area contributed by atoms with Crippen LogP contribution in [-0.2, 0) is 4.79 Å². The van der Waals surface area contributed by atoms with E-state index in [4.69, 9.17) is 0 Å². The molecule has 128 valence electrons. The number of hydrogen-bond donors (Lipinski definition) is 1. The first kappa shape index (κ1) is 16.9. The summed E-state index contributed by atoms with van der Waals surface area (Å²) < 4.78 is 14.1. The molecule has 0 saturated carbocycles. The summed E-state index contributed by atoms with van der Waals surface area (Å²) in [5.41, 5.74) is -0.0517. The van der Waals surface area contributed by atoms with E-state index in [1.807, 2.05) is 20.8 Å². The first-order valence-electron chi connectivity index (χ1n) is 7.97. The number of rotatable bonds is 3. The summed E-state index contributed by atoms with van der Waals surface area (Å²) >= 11 is 1.27. The number of nitrogens with zero attached hydrogens (tertiary/aromatic N) is 1. The van der Waals surface area contributed by atoms with Crippen LogP contribution in [-0.4, -0.2) is 35.0 Å². The number of likely N-dealkylation sites (tertiary alicyclic amines) is 1. The van der Waals surface area contributed by atoms with E-state index >= 15 is 0 Å². The van der Waals surface area contributed by atoms with Crippen molar-refractivity contribution in [1.29, 1.82) is 0 Å². The van der Waals surface area contributed by atoms with Gasteiger partial charge in [0.2, 0.25) is 0 Å². The third-order valence-electron chi connectivity index (χ3n) is 5.21. The van der Waals surface area contributed by atoms with Gasteiger partial charge in [0, 0.05) is 17.8 Å². The number of thiophene rings is 1. The molecule has 1 unspecified atom stereocenters. The predicted octanol–water partition coefficient (Wildman–Crippen LogP) is 3.92. The third-order valence-corrected chi connectivity index (χ3v) is 6.46. The number of hydrogen-bond acceptors (Lipinski definition) is 3. The van der Waals surface area contributed by atoms with Crippen LogP contribution in [0.4, 0.5) is 4.39 Å². The SMILES string of the molecule is Cc1c(C(=O)N2CCC(C(=O)O)(C(C)C)C2)sc2cc(F)ccc12. The fourth-order valence-electron chi connectivity index (χ4n) is 3.45. The quantitative estimate of drug-likeness (QED) is 0.914. The van der Waals surface area contributed by atoms with Crippen LogP contribution >= 0.6 is 11.3 Å². The van der Waals surface area contributed by atoms with Crippen LogP contribution in [0, 0.1) is 24.1 Å². The van der Waals surface area contributed by atoms with Crippen molar-refractivity contribution in [1.82, 2.24) is 4.90 Å². The first-order valence-corrected chi connectivity index (χ1v) is 8.79. The molecule has 1 fully saturated rings. The molecule has 4 nitrogen and oxygen atoms in total. The van der Waals surface area contributed by atoms with E-state index in [1.54, 1.807) is 11.0 Å². The molecule has 1 atom stereocenters. The monoisotopic (exact) mass is 349 g/mol. The molecular formula is C18H20FNO3S. The molecule has 1 N–H and O–H groups in total. The van der Waals surface area contributed by atoms with Gasteiger partial charge in [-0.2, -0.15) is 0 Å². The van der Waals surface area contributed by atoms with Gasteiger partial charge in [-0.15, -0.1) is 11.3 Å². The van der Waals surface area contributed by atoms with Gasteiger partial charge in [0.15, 0.2) is 0 Å². The van der Waals surface area contributed by atoms with Gasteiger partial charge >= 0.3 is 5.97 Å². The molecule has 24 heavy (non-hydrogen) atoms. The molecular weight excluding hydrogens is 329 g/mol. The summed E-state index contributed by atoms with van der Waals surface area (Å²) in [4.78, 5) is 26.8. The molecule has 3 rings (SSSR count). The molecule has 6 heteroatoms. The fourth-order valence-corrected chi connectivity index (χ4v) is 4.65. The van der Waals surface area contributed by atoms with Gasteiger partial charge in [-0.3, -0.25) is 9.59 Å². The van der Waals surface area contributed by atoms with Crippen LogP contribution in [0.25, 0.3) is 10.1 Å². The maximum atomic E-state index is 13.4. The molecule has 1 saturated heterocycles. The summed E-state index contributed by atoms with van der Waals surface area (Å²) in [5, 5.41) is 10.5. The fraction of sp³-hybridized carbons (Fsp3) is 0.444. The first-order chi connectivity index (χ1) is 11.3. The highest BCUT2D eigenvalue weighted by molar-refractivity contribution is 7.21. The average Bonchev–Trinajstić information content (AvgIpc) is 3.10. The van der Waals surface area contributed by atoms with Crippen LogP contribution in [0.2, 0.25) is 0 Å². The van der Waals surface area contributed by atoms with Crippen molar-refractivity contribution < 1.29 is 19.1 Å². The number of amides is 1. The van der Waals surface area contributed by atoms with Gasteiger partial charge < -0.3 is 10.0 Å². The Kier molecular flexibility index (Phi) is 4.11. The standard InChI is InChI=1S/C18H20FNO3S/c1-10(2)18(17(22)23)6-7-20(9-18)16(21)15-11(3)13-5-4-12(19)8-14(13)24-15/h4-5,8,10H,6-7,9H2,1-3H3,(H,22,23). The topological polar surface area (TPSA) is 57.6 Å². The summed E-state index contributed by atoms with van der Waals surface area (Å²) in [7, 11) is 0. The van der Waals surface area contributed by atoms with E-state index in [2.05, 4.69) is 0 Å². The Morgan fingerprint density at radius 1 is 1.38 bits per heavy atom. The summed E-state index contributed by atoms with van der Waals surface area (Å²) in [6.07, 6.45) is 0.463. The third kappa shape index (κ3) is 2.49.